The molecule has 1 aromatic rings. The van der Waals surface area contributed by atoms with Gasteiger partial charge in [-0.3, -0.25) is 0 Å². The van der Waals surface area contributed by atoms with E-state index in [0.717, 1.165) is 12.5 Å². The molecule has 21 heavy (non-hydrogen) atoms. The van der Waals surface area contributed by atoms with Gasteiger partial charge in [0.05, 0.1) is 0 Å². The molecular formula is C20H31N. The predicted molar refractivity (Wildman–Crippen MR) is 92.7 cm³/mol. The zero-order chi connectivity index (χ0) is 14.9. The summed E-state index contributed by atoms with van der Waals surface area (Å²) in [6.07, 6.45) is 12.4. The average Bonchev–Trinajstić information content (AvgIpc) is 2.53. The fourth-order valence-electron chi connectivity index (χ4n) is 3.67. The van der Waals surface area contributed by atoms with Crippen LogP contribution in [-0.2, 0) is 12.8 Å². The van der Waals surface area contributed by atoms with Crippen LogP contribution in [0.1, 0.15) is 56.6 Å². The zero-order valence-corrected chi connectivity index (χ0v) is 13.6. The lowest BCUT2D eigenvalue weighted by Crippen LogP contribution is -2.38. The van der Waals surface area contributed by atoms with Crippen molar-refractivity contribution in [3.63, 3.8) is 0 Å². The summed E-state index contributed by atoms with van der Waals surface area (Å²) in [5.74, 6) is 0.819. The van der Waals surface area contributed by atoms with Crippen LogP contribution >= 0.6 is 0 Å². The molecule has 1 aliphatic carbocycles. The Morgan fingerprint density at radius 1 is 1.24 bits per heavy atom. The minimum Gasteiger partial charge on any atom is -0.314 e. The molecule has 2 unspecified atom stereocenters. The van der Waals surface area contributed by atoms with E-state index in [0.29, 0.717) is 6.04 Å². The molecular weight excluding hydrogens is 254 g/mol. The highest BCUT2D eigenvalue weighted by Crippen LogP contribution is 2.29. The van der Waals surface area contributed by atoms with Gasteiger partial charge in [-0.2, -0.15) is 0 Å². The van der Waals surface area contributed by atoms with Crippen molar-refractivity contribution < 1.29 is 0 Å². The van der Waals surface area contributed by atoms with Crippen molar-refractivity contribution in [2.24, 2.45) is 5.92 Å². The third-order valence-electron chi connectivity index (χ3n) is 4.84. The van der Waals surface area contributed by atoms with Gasteiger partial charge >= 0.3 is 0 Å². The second kappa shape index (κ2) is 9.04. The summed E-state index contributed by atoms with van der Waals surface area (Å²) in [5, 5.41) is 3.75. The maximum atomic E-state index is 3.81. The summed E-state index contributed by atoms with van der Waals surface area (Å²) < 4.78 is 0. The van der Waals surface area contributed by atoms with Gasteiger partial charge in [-0.25, -0.2) is 0 Å². The molecule has 0 saturated carbocycles. The van der Waals surface area contributed by atoms with Crippen LogP contribution in [0, 0.1) is 5.92 Å². The molecule has 0 radical (unpaired) electrons. The van der Waals surface area contributed by atoms with E-state index in [1.165, 1.54) is 51.4 Å². The highest BCUT2D eigenvalue weighted by atomic mass is 14.9. The minimum absolute atomic E-state index is 0.701. The first-order valence-electron chi connectivity index (χ1n) is 8.76. The van der Waals surface area contributed by atoms with Crippen LogP contribution in [0.2, 0.25) is 0 Å². The molecule has 0 amide bonds. The van der Waals surface area contributed by atoms with E-state index in [4.69, 9.17) is 0 Å². The lowest BCUT2D eigenvalue weighted by Gasteiger charge is -2.32. The number of rotatable bonds is 9. The molecule has 1 heteroatoms. The van der Waals surface area contributed by atoms with E-state index in [9.17, 15) is 0 Å². The molecule has 1 nitrogen and oxygen atoms in total. The molecule has 1 N–H and O–H groups in total. The Bertz CT molecular complexity index is 424. The van der Waals surface area contributed by atoms with Gasteiger partial charge in [0.1, 0.15) is 0 Å². The van der Waals surface area contributed by atoms with E-state index < -0.39 is 0 Å². The molecule has 0 bridgehead atoms. The molecule has 2 atom stereocenters. The molecule has 0 heterocycles. The predicted octanol–water partition coefficient (Wildman–Crippen LogP) is 4.91. The molecule has 1 aliphatic rings. The summed E-state index contributed by atoms with van der Waals surface area (Å²) in [6, 6.07) is 9.71. The van der Waals surface area contributed by atoms with Crippen LogP contribution in [0.3, 0.4) is 0 Å². The van der Waals surface area contributed by atoms with Crippen LogP contribution in [-0.4, -0.2) is 12.6 Å². The van der Waals surface area contributed by atoms with Gasteiger partial charge in [0.25, 0.3) is 0 Å². The smallest absolute Gasteiger partial charge is 0.00985 e. The molecule has 0 aromatic heterocycles. The van der Waals surface area contributed by atoms with E-state index in [-0.39, 0.29) is 0 Å². The van der Waals surface area contributed by atoms with Gasteiger partial charge in [-0.05, 0) is 62.1 Å². The molecule has 0 spiro atoms. The Hall–Kier alpha value is -1.08. The monoisotopic (exact) mass is 285 g/mol. The number of nitrogens with one attached hydrogen (secondary N) is 1. The summed E-state index contributed by atoms with van der Waals surface area (Å²) in [4.78, 5) is 0. The van der Waals surface area contributed by atoms with Crippen molar-refractivity contribution in [2.45, 2.75) is 64.3 Å². The standard InChI is InChI=1S/C20H31N/c1-3-5-6-7-8-13-20(21-4-2)19-15-14-17-11-9-10-12-18(17)16-19/h3,9-12,19-21H,1,4-8,13-16H2,2H3. The van der Waals surface area contributed by atoms with Crippen LogP contribution in [0.15, 0.2) is 36.9 Å². The van der Waals surface area contributed by atoms with E-state index in [1.807, 2.05) is 6.08 Å². The quantitative estimate of drug-likeness (QED) is 0.502. The van der Waals surface area contributed by atoms with E-state index in [1.54, 1.807) is 11.1 Å². The van der Waals surface area contributed by atoms with Crippen molar-refractivity contribution in [2.75, 3.05) is 6.54 Å². The molecule has 0 aliphatic heterocycles. The topological polar surface area (TPSA) is 12.0 Å². The molecule has 2 rings (SSSR count). The van der Waals surface area contributed by atoms with Crippen molar-refractivity contribution in [1.29, 1.82) is 0 Å². The molecule has 1 aromatic carbocycles. The Labute approximate surface area is 130 Å². The number of hydrogen-bond acceptors (Lipinski definition) is 1. The second-order valence-corrected chi connectivity index (χ2v) is 6.36. The van der Waals surface area contributed by atoms with Crippen molar-refractivity contribution in [3.8, 4) is 0 Å². The van der Waals surface area contributed by atoms with E-state index in [2.05, 4.69) is 43.1 Å². The highest BCUT2D eigenvalue weighted by Gasteiger charge is 2.25. The molecule has 116 valence electrons. The number of unbranched alkanes of at least 4 members (excludes halogenated alkanes) is 3. The first kappa shape index (κ1) is 16.3. The van der Waals surface area contributed by atoms with Gasteiger partial charge in [0.15, 0.2) is 0 Å². The van der Waals surface area contributed by atoms with Gasteiger partial charge in [-0.1, -0.05) is 50.1 Å². The number of benzene rings is 1. The highest BCUT2D eigenvalue weighted by molar-refractivity contribution is 5.30. The molecule has 0 fully saturated rings. The van der Waals surface area contributed by atoms with Crippen LogP contribution < -0.4 is 5.32 Å². The van der Waals surface area contributed by atoms with Gasteiger partial charge in [0, 0.05) is 6.04 Å². The largest absolute Gasteiger partial charge is 0.314 e. The fourth-order valence-corrected chi connectivity index (χ4v) is 3.67. The third-order valence-corrected chi connectivity index (χ3v) is 4.84. The van der Waals surface area contributed by atoms with Crippen molar-refractivity contribution in [1.82, 2.24) is 5.32 Å². The second-order valence-electron chi connectivity index (χ2n) is 6.36. The summed E-state index contributed by atoms with van der Waals surface area (Å²) in [5.41, 5.74) is 3.17. The van der Waals surface area contributed by atoms with E-state index >= 15 is 0 Å². The Morgan fingerprint density at radius 2 is 2.05 bits per heavy atom. The normalized spacial score (nSPS) is 19.0. The van der Waals surface area contributed by atoms with Crippen molar-refractivity contribution in [3.05, 3.63) is 48.0 Å². The lowest BCUT2D eigenvalue weighted by atomic mass is 9.78. The maximum Gasteiger partial charge on any atom is 0.00985 e. The van der Waals surface area contributed by atoms with Gasteiger partial charge in [-0.15, -0.1) is 6.58 Å². The van der Waals surface area contributed by atoms with Gasteiger partial charge < -0.3 is 5.32 Å². The summed E-state index contributed by atoms with van der Waals surface area (Å²) >= 11 is 0. The number of allylic oxidation sites excluding steroid dienone is 1. The fraction of sp³-hybridized carbons (Fsp3) is 0.600. The van der Waals surface area contributed by atoms with Crippen LogP contribution in [0.5, 0.6) is 0 Å². The first-order valence-corrected chi connectivity index (χ1v) is 8.76. The maximum absolute atomic E-state index is 3.81. The number of fused-ring (bicyclic) bond motifs is 1. The summed E-state index contributed by atoms with van der Waals surface area (Å²) in [7, 11) is 0. The Kier molecular flexibility index (Phi) is 7.02. The number of aryl methyl sites for hydroxylation is 1. The third kappa shape index (κ3) is 5.00. The Morgan fingerprint density at radius 3 is 2.81 bits per heavy atom. The first-order chi connectivity index (χ1) is 10.3. The minimum atomic E-state index is 0.701. The van der Waals surface area contributed by atoms with Crippen LogP contribution in [0.25, 0.3) is 0 Å². The zero-order valence-electron chi connectivity index (χ0n) is 13.6. The van der Waals surface area contributed by atoms with Crippen molar-refractivity contribution >= 4 is 0 Å². The SMILES string of the molecule is C=CCCCCCC(NCC)C1CCc2ccccc2C1. The Balaban J connectivity index is 1.85. The van der Waals surface area contributed by atoms with Gasteiger partial charge in [0.2, 0.25) is 0 Å². The lowest BCUT2D eigenvalue weighted by molar-refractivity contribution is 0.302. The summed E-state index contributed by atoms with van der Waals surface area (Å²) in [6.45, 7) is 7.14. The number of hydrogen-bond donors (Lipinski definition) is 1. The molecule has 0 saturated heterocycles. The van der Waals surface area contributed by atoms with Crippen LogP contribution in [0.4, 0.5) is 0 Å². The average molecular weight is 285 g/mol.